The summed E-state index contributed by atoms with van der Waals surface area (Å²) in [6.07, 6.45) is 2.12. The number of rotatable bonds is 3. The van der Waals surface area contributed by atoms with Crippen LogP contribution in [0.15, 0.2) is 18.2 Å². The van der Waals surface area contributed by atoms with Crippen molar-refractivity contribution in [3.63, 3.8) is 0 Å². The molecule has 92 valence electrons. The molecule has 1 aromatic carbocycles. The van der Waals surface area contributed by atoms with E-state index in [-0.39, 0.29) is 5.56 Å². The molecule has 0 aromatic heterocycles. The van der Waals surface area contributed by atoms with Crippen LogP contribution in [0.25, 0.3) is 0 Å². The van der Waals surface area contributed by atoms with Crippen LogP contribution in [0.3, 0.4) is 0 Å². The molecule has 17 heavy (non-hydrogen) atoms. The van der Waals surface area contributed by atoms with Crippen molar-refractivity contribution >= 4 is 23.4 Å². The fourth-order valence-corrected chi connectivity index (χ4v) is 2.96. The molecule has 1 fully saturated rings. The van der Waals surface area contributed by atoms with Gasteiger partial charge in [0.1, 0.15) is 5.82 Å². The highest BCUT2D eigenvalue weighted by Gasteiger charge is 2.15. The Kier molecular flexibility index (Phi) is 3.89. The van der Waals surface area contributed by atoms with E-state index < -0.39 is 11.8 Å². The van der Waals surface area contributed by atoms with Gasteiger partial charge in [-0.15, -0.1) is 0 Å². The average molecular weight is 255 g/mol. The zero-order chi connectivity index (χ0) is 12.3. The highest BCUT2D eigenvalue weighted by Crippen LogP contribution is 2.22. The van der Waals surface area contributed by atoms with E-state index in [1.165, 1.54) is 12.1 Å². The van der Waals surface area contributed by atoms with Crippen LogP contribution in [0.4, 0.5) is 10.1 Å². The first kappa shape index (κ1) is 12.2. The number of carboxylic acid groups (broad SMARTS) is 1. The molecule has 5 heteroatoms. The molecule has 3 nitrogen and oxygen atoms in total. The molecule has 0 spiro atoms. The van der Waals surface area contributed by atoms with Crippen LogP contribution in [0.2, 0.25) is 0 Å². The summed E-state index contributed by atoms with van der Waals surface area (Å²) in [5, 5.41) is 12.0. The molecule has 0 amide bonds. The Morgan fingerprint density at radius 3 is 2.71 bits per heavy atom. The molecule has 1 aliphatic rings. The molecular weight excluding hydrogens is 241 g/mol. The maximum absolute atomic E-state index is 13.4. The van der Waals surface area contributed by atoms with Gasteiger partial charge in [-0.05, 0) is 42.5 Å². The van der Waals surface area contributed by atoms with Gasteiger partial charge in [0.2, 0.25) is 0 Å². The van der Waals surface area contributed by atoms with E-state index in [0.29, 0.717) is 11.7 Å². The van der Waals surface area contributed by atoms with Crippen LogP contribution in [0.5, 0.6) is 0 Å². The van der Waals surface area contributed by atoms with Gasteiger partial charge in [-0.2, -0.15) is 11.8 Å². The van der Waals surface area contributed by atoms with Crippen molar-refractivity contribution in [3.8, 4) is 0 Å². The highest BCUT2D eigenvalue weighted by atomic mass is 32.2. The lowest BCUT2D eigenvalue weighted by atomic mass is 10.1. The Labute approximate surface area is 103 Å². The molecule has 2 N–H and O–H groups in total. The largest absolute Gasteiger partial charge is 0.478 e. The quantitative estimate of drug-likeness (QED) is 0.872. The highest BCUT2D eigenvalue weighted by molar-refractivity contribution is 7.99. The van der Waals surface area contributed by atoms with Crippen LogP contribution in [-0.4, -0.2) is 28.6 Å². The van der Waals surface area contributed by atoms with E-state index in [1.807, 2.05) is 11.8 Å². The molecule has 1 saturated heterocycles. The predicted molar refractivity (Wildman–Crippen MR) is 67.3 cm³/mol. The molecule has 0 saturated carbocycles. The zero-order valence-corrected chi connectivity index (χ0v) is 10.1. The molecule has 0 bridgehead atoms. The summed E-state index contributed by atoms with van der Waals surface area (Å²) >= 11 is 1.93. The zero-order valence-electron chi connectivity index (χ0n) is 9.28. The van der Waals surface area contributed by atoms with Gasteiger partial charge in [-0.1, -0.05) is 0 Å². The number of hydrogen-bond acceptors (Lipinski definition) is 3. The van der Waals surface area contributed by atoms with Gasteiger partial charge in [0.15, 0.2) is 0 Å². The summed E-state index contributed by atoms with van der Waals surface area (Å²) in [6.45, 7) is 0. The molecule has 0 atom stereocenters. The number of benzene rings is 1. The molecule has 0 unspecified atom stereocenters. The van der Waals surface area contributed by atoms with Gasteiger partial charge in [-0.25, -0.2) is 9.18 Å². The third-order valence-corrected chi connectivity index (χ3v) is 3.84. The van der Waals surface area contributed by atoms with Crippen LogP contribution < -0.4 is 5.32 Å². The fraction of sp³-hybridized carbons (Fsp3) is 0.417. The van der Waals surface area contributed by atoms with E-state index >= 15 is 0 Å². The number of nitrogens with one attached hydrogen (secondary N) is 1. The third kappa shape index (κ3) is 3.12. The van der Waals surface area contributed by atoms with Gasteiger partial charge < -0.3 is 10.4 Å². The monoisotopic (exact) mass is 255 g/mol. The van der Waals surface area contributed by atoms with E-state index in [4.69, 9.17) is 5.11 Å². The molecule has 0 radical (unpaired) electrons. The summed E-state index contributed by atoms with van der Waals surface area (Å²) in [5.41, 5.74) is 0.374. The van der Waals surface area contributed by atoms with Crippen molar-refractivity contribution < 1.29 is 14.3 Å². The van der Waals surface area contributed by atoms with Crippen molar-refractivity contribution in [3.05, 3.63) is 29.6 Å². The number of carboxylic acids is 1. The van der Waals surface area contributed by atoms with E-state index in [0.717, 1.165) is 24.3 Å². The Morgan fingerprint density at radius 2 is 2.12 bits per heavy atom. The Balaban J connectivity index is 2.06. The molecular formula is C12H14FNO2S. The van der Waals surface area contributed by atoms with E-state index in [9.17, 15) is 9.18 Å². The van der Waals surface area contributed by atoms with Crippen molar-refractivity contribution in [2.24, 2.45) is 0 Å². The van der Waals surface area contributed by atoms with Crippen molar-refractivity contribution in [2.75, 3.05) is 16.8 Å². The molecule has 0 aliphatic carbocycles. The number of aromatic carboxylic acids is 1. The summed E-state index contributed by atoms with van der Waals surface area (Å²) < 4.78 is 13.4. The topological polar surface area (TPSA) is 49.3 Å². The normalized spacial score (nSPS) is 16.8. The molecule has 1 heterocycles. The standard InChI is InChI=1S/C12H14FNO2S/c13-11-7-9(1-2-10(11)12(15)16)14-8-3-5-17-6-4-8/h1-2,7-8,14H,3-6H2,(H,15,16). The van der Waals surface area contributed by atoms with Crippen molar-refractivity contribution in [1.29, 1.82) is 0 Å². The van der Waals surface area contributed by atoms with Gasteiger partial charge in [0, 0.05) is 11.7 Å². The summed E-state index contributed by atoms with van der Waals surface area (Å²) in [7, 11) is 0. The summed E-state index contributed by atoms with van der Waals surface area (Å²) in [6, 6.07) is 4.54. The van der Waals surface area contributed by atoms with Crippen LogP contribution in [-0.2, 0) is 0 Å². The SMILES string of the molecule is O=C(O)c1ccc(NC2CCSCC2)cc1F. The fourth-order valence-electron chi connectivity index (χ4n) is 1.86. The number of carbonyl (C=O) groups is 1. The Hall–Kier alpha value is -1.23. The molecule has 1 aliphatic heterocycles. The first-order chi connectivity index (χ1) is 8.16. The number of thioether (sulfide) groups is 1. The maximum atomic E-state index is 13.4. The minimum absolute atomic E-state index is 0.283. The molecule has 2 rings (SSSR count). The minimum Gasteiger partial charge on any atom is -0.478 e. The second-order valence-electron chi connectivity index (χ2n) is 4.03. The number of halogens is 1. The van der Waals surface area contributed by atoms with Gasteiger partial charge in [-0.3, -0.25) is 0 Å². The average Bonchev–Trinajstić information content (AvgIpc) is 2.30. The maximum Gasteiger partial charge on any atom is 0.338 e. The van der Waals surface area contributed by atoms with Gasteiger partial charge in [0.05, 0.1) is 5.56 Å². The van der Waals surface area contributed by atoms with Gasteiger partial charge in [0.25, 0.3) is 0 Å². The lowest BCUT2D eigenvalue weighted by Gasteiger charge is -2.23. The van der Waals surface area contributed by atoms with Crippen LogP contribution in [0.1, 0.15) is 23.2 Å². The molecule has 1 aromatic rings. The van der Waals surface area contributed by atoms with Crippen molar-refractivity contribution in [1.82, 2.24) is 0 Å². The second kappa shape index (κ2) is 5.40. The Bertz CT molecular complexity index is 419. The summed E-state index contributed by atoms with van der Waals surface area (Å²) in [4.78, 5) is 10.7. The van der Waals surface area contributed by atoms with Gasteiger partial charge >= 0.3 is 5.97 Å². The first-order valence-electron chi connectivity index (χ1n) is 5.54. The van der Waals surface area contributed by atoms with Crippen LogP contribution in [0, 0.1) is 5.82 Å². The first-order valence-corrected chi connectivity index (χ1v) is 6.69. The minimum atomic E-state index is -1.23. The van der Waals surface area contributed by atoms with Crippen LogP contribution >= 0.6 is 11.8 Å². The summed E-state index contributed by atoms with van der Waals surface area (Å²) in [5.74, 6) is 0.316. The van der Waals surface area contributed by atoms with E-state index in [2.05, 4.69) is 5.32 Å². The number of anilines is 1. The lowest BCUT2D eigenvalue weighted by Crippen LogP contribution is -2.24. The predicted octanol–water partition coefficient (Wildman–Crippen LogP) is 2.83. The van der Waals surface area contributed by atoms with E-state index in [1.54, 1.807) is 6.07 Å². The lowest BCUT2D eigenvalue weighted by molar-refractivity contribution is 0.0692. The van der Waals surface area contributed by atoms with Crippen molar-refractivity contribution in [2.45, 2.75) is 18.9 Å². The second-order valence-corrected chi connectivity index (χ2v) is 5.26. The number of hydrogen-bond donors (Lipinski definition) is 2. The Morgan fingerprint density at radius 1 is 1.41 bits per heavy atom. The third-order valence-electron chi connectivity index (χ3n) is 2.79. The smallest absolute Gasteiger partial charge is 0.338 e.